The van der Waals surface area contributed by atoms with Gasteiger partial charge in [-0.05, 0) is 44.5 Å². The number of pyridine rings is 1. The van der Waals surface area contributed by atoms with Crippen molar-refractivity contribution in [1.29, 1.82) is 0 Å². The molecule has 3 heteroatoms. The van der Waals surface area contributed by atoms with Crippen LogP contribution in [-0.2, 0) is 6.54 Å². The van der Waals surface area contributed by atoms with Gasteiger partial charge in [0, 0.05) is 37.6 Å². The molecule has 0 bridgehead atoms. The fourth-order valence-electron chi connectivity index (χ4n) is 1.95. The third-order valence-corrected chi connectivity index (χ3v) is 3.54. The molecular weight excluding hydrogens is 222 g/mol. The maximum absolute atomic E-state index is 4.06. The molecule has 0 spiro atoms. The zero-order valence-electron chi connectivity index (χ0n) is 12.2. The molecule has 0 amide bonds. The van der Waals surface area contributed by atoms with Gasteiger partial charge in [0.1, 0.15) is 0 Å². The summed E-state index contributed by atoms with van der Waals surface area (Å²) in [5, 5.41) is 3.58. The van der Waals surface area contributed by atoms with Crippen LogP contribution in [0.3, 0.4) is 0 Å². The van der Waals surface area contributed by atoms with E-state index in [0.717, 1.165) is 19.6 Å². The summed E-state index contributed by atoms with van der Waals surface area (Å²) < 4.78 is 0. The second-order valence-electron chi connectivity index (χ2n) is 4.99. The van der Waals surface area contributed by atoms with Gasteiger partial charge in [0.05, 0.1) is 0 Å². The van der Waals surface area contributed by atoms with Crippen LogP contribution < -0.4 is 5.32 Å². The Labute approximate surface area is 112 Å². The molecule has 102 valence electrons. The molecule has 2 atom stereocenters. The Morgan fingerprint density at radius 2 is 1.89 bits per heavy atom. The highest BCUT2D eigenvalue weighted by Crippen LogP contribution is 2.07. The summed E-state index contributed by atoms with van der Waals surface area (Å²) >= 11 is 0. The zero-order chi connectivity index (χ0) is 13.4. The van der Waals surface area contributed by atoms with Gasteiger partial charge in [-0.2, -0.15) is 0 Å². The summed E-state index contributed by atoms with van der Waals surface area (Å²) in [4.78, 5) is 6.55. The number of likely N-dealkylation sites (N-methyl/N-ethyl adjacent to an activating group) is 1. The first-order chi connectivity index (χ1) is 8.67. The first kappa shape index (κ1) is 15.1. The van der Waals surface area contributed by atoms with Gasteiger partial charge in [-0.25, -0.2) is 0 Å². The Morgan fingerprint density at radius 3 is 2.44 bits per heavy atom. The van der Waals surface area contributed by atoms with Gasteiger partial charge in [0.2, 0.25) is 0 Å². The number of aromatic nitrogens is 1. The molecule has 0 aliphatic rings. The van der Waals surface area contributed by atoms with Crippen molar-refractivity contribution in [1.82, 2.24) is 15.2 Å². The summed E-state index contributed by atoms with van der Waals surface area (Å²) in [7, 11) is 0. The molecular formula is C15H27N3. The van der Waals surface area contributed by atoms with Crippen molar-refractivity contribution < 1.29 is 0 Å². The Morgan fingerprint density at radius 1 is 1.22 bits per heavy atom. The molecule has 0 aliphatic heterocycles. The third-order valence-electron chi connectivity index (χ3n) is 3.54. The lowest BCUT2D eigenvalue weighted by Gasteiger charge is -2.29. The average molecular weight is 249 g/mol. The van der Waals surface area contributed by atoms with Crippen molar-refractivity contribution in [2.45, 2.75) is 52.7 Å². The maximum Gasteiger partial charge on any atom is 0.0271 e. The molecule has 1 aromatic rings. The topological polar surface area (TPSA) is 28.2 Å². The van der Waals surface area contributed by atoms with Crippen molar-refractivity contribution >= 4 is 0 Å². The first-order valence-corrected chi connectivity index (χ1v) is 7.03. The lowest BCUT2D eigenvalue weighted by Crippen LogP contribution is -2.42. The molecule has 1 N–H and O–H groups in total. The number of hydrogen-bond donors (Lipinski definition) is 1. The van der Waals surface area contributed by atoms with Crippen LogP contribution in [0, 0.1) is 0 Å². The summed E-state index contributed by atoms with van der Waals surface area (Å²) in [6, 6.07) is 5.35. The number of rotatable bonds is 8. The highest BCUT2D eigenvalue weighted by Gasteiger charge is 2.12. The normalized spacial score (nSPS) is 14.7. The minimum atomic E-state index is 0.553. The summed E-state index contributed by atoms with van der Waals surface area (Å²) in [6.45, 7) is 12.1. The molecule has 0 aliphatic carbocycles. The van der Waals surface area contributed by atoms with E-state index in [1.54, 1.807) is 0 Å². The van der Waals surface area contributed by atoms with E-state index in [-0.39, 0.29) is 0 Å². The summed E-state index contributed by atoms with van der Waals surface area (Å²) in [5.41, 5.74) is 1.34. The van der Waals surface area contributed by atoms with Crippen LogP contribution in [0.15, 0.2) is 24.5 Å². The van der Waals surface area contributed by atoms with Crippen LogP contribution in [-0.4, -0.2) is 35.1 Å². The number of nitrogens with zero attached hydrogens (tertiary/aromatic N) is 2. The van der Waals surface area contributed by atoms with Crippen molar-refractivity contribution in [3.8, 4) is 0 Å². The van der Waals surface area contributed by atoms with Crippen molar-refractivity contribution in [2.75, 3.05) is 13.1 Å². The second-order valence-corrected chi connectivity index (χ2v) is 4.99. The van der Waals surface area contributed by atoms with Gasteiger partial charge in [-0.3, -0.25) is 9.88 Å². The fraction of sp³-hybridized carbons (Fsp3) is 0.667. The third kappa shape index (κ3) is 5.15. The quantitative estimate of drug-likeness (QED) is 0.768. The lowest BCUT2D eigenvalue weighted by atomic mass is 10.2. The van der Waals surface area contributed by atoms with Crippen molar-refractivity contribution in [3.05, 3.63) is 30.1 Å². The van der Waals surface area contributed by atoms with Gasteiger partial charge >= 0.3 is 0 Å². The molecule has 0 saturated carbocycles. The molecule has 2 unspecified atom stereocenters. The zero-order valence-corrected chi connectivity index (χ0v) is 12.2. The largest absolute Gasteiger partial charge is 0.313 e. The minimum absolute atomic E-state index is 0.553. The molecule has 0 radical (unpaired) electrons. The predicted octanol–water partition coefficient (Wildman–Crippen LogP) is 2.68. The molecule has 0 saturated heterocycles. The van der Waals surface area contributed by atoms with Crippen LogP contribution in [0.25, 0.3) is 0 Å². The van der Waals surface area contributed by atoms with E-state index in [1.807, 2.05) is 12.4 Å². The minimum Gasteiger partial charge on any atom is -0.313 e. The van der Waals surface area contributed by atoms with Crippen LogP contribution in [0.2, 0.25) is 0 Å². The lowest BCUT2D eigenvalue weighted by molar-refractivity contribution is 0.202. The highest BCUT2D eigenvalue weighted by atomic mass is 15.2. The summed E-state index contributed by atoms with van der Waals surface area (Å²) in [5.74, 6) is 0. The van der Waals surface area contributed by atoms with Crippen LogP contribution in [0.1, 0.15) is 39.7 Å². The Kier molecular flexibility index (Phi) is 6.91. The molecule has 1 heterocycles. The summed E-state index contributed by atoms with van der Waals surface area (Å²) in [6.07, 6.45) is 4.92. The van der Waals surface area contributed by atoms with Gasteiger partial charge in [0.25, 0.3) is 0 Å². The SMILES string of the molecule is CCC(C)NCC(C)N(CC)Cc1ccncc1. The molecule has 18 heavy (non-hydrogen) atoms. The van der Waals surface area contributed by atoms with Gasteiger partial charge in [0.15, 0.2) is 0 Å². The van der Waals surface area contributed by atoms with Crippen molar-refractivity contribution in [2.24, 2.45) is 0 Å². The van der Waals surface area contributed by atoms with Crippen molar-refractivity contribution in [3.63, 3.8) is 0 Å². The monoisotopic (exact) mass is 249 g/mol. The van der Waals surface area contributed by atoms with E-state index < -0.39 is 0 Å². The smallest absolute Gasteiger partial charge is 0.0271 e. The Bertz CT molecular complexity index is 313. The van der Waals surface area contributed by atoms with Gasteiger partial charge in [-0.15, -0.1) is 0 Å². The molecule has 0 fully saturated rings. The molecule has 1 aromatic heterocycles. The average Bonchev–Trinajstić information content (AvgIpc) is 2.42. The van der Waals surface area contributed by atoms with E-state index in [2.05, 4.69) is 55.0 Å². The Balaban J connectivity index is 2.45. The standard InChI is InChI=1S/C15H27N3/c1-5-13(3)17-11-14(4)18(6-2)12-15-7-9-16-10-8-15/h7-10,13-14,17H,5-6,11-12H2,1-4H3. The number of hydrogen-bond acceptors (Lipinski definition) is 3. The predicted molar refractivity (Wildman–Crippen MR) is 77.5 cm³/mol. The van der Waals surface area contributed by atoms with Gasteiger partial charge in [-0.1, -0.05) is 13.8 Å². The van der Waals surface area contributed by atoms with Gasteiger partial charge < -0.3 is 5.32 Å². The molecule has 1 rings (SSSR count). The van der Waals surface area contributed by atoms with Crippen LogP contribution in [0.4, 0.5) is 0 Å². The Hall–Kier alpha value is -0.930. The first-order valence-electron chi connectivity index (χ1n) is 7.03. The maximum atomic E-state index is 4.06. The van der Waals surface area contributed by atoms with E-state index in [9.17, 15) is 0 Å². The second kappa shape index (κ2) is 8.22. The fourth-order valence-corrected chi connectivity index (χ4v) is 1.95. The van der Waals surface area contributed by atoms with E-state index in [1.165, 1.54) is 12.0 Å². The molecule has 0 aromatic carbocycles. The van der Waals surface area contributed by atoms with E-state index in [0.29, 0.717) is 12.1 Å². The highest BCUT2D eigenvalue weighted by molar-refractivity contribution is 5.09. The van der Waals surface area contributed by atoms with Crippen LogP contribution in [0.5, 0.6) is 0 Å². The number of nitrogens with one attached hydrogen (secondary N) is 1. The van der Waals surface area contributed by atoms with E-state index >= 15 is 0 Å². The molecule has 3 nitrogen and oxygen atoms in total. The van der Waals surface area contributed by atoms with E-state index in [4.69, 9.17) is 0 Å². The van der Waals surface area contributed by atoms with Crippen LogP contribution >= 0.6 is 0 Å².